The number of carbonyl (C=O) groups is 1. The van der Waals surface area contributed by atoms with E-state index in [1.807, 2.05) is 0 Å². The number of rotatable bonds is 8. The largest absolute Gasteiger partial charge is 0.496 e. The number of ether oxygens (including phenoxy) is 1. The van der Waals surface area contributed by atoms with Crippen molar-refractivity contribution >= 4 is 23.2 Å². The van der Waals surface area contributed by atoms with Crippen LogP contribution in [0.4, 0.5) is 5.69 Å². The summed E-state index contributed by atoms with van der Waals surface area (Å²) in [5.74, 6) is 1.07. The maximum Gasteiger partial charge on any atom is 0.255 e. The quantitative estimate of drug-likeness (QED) is 0.525. The number of carbonyl (C=O) groups excluding carboxylic acids is 1. The minimum atomic E-state index is -0.156. The van der Waals surface area contributed by atoms with E-state index in [0.29, 0.717) is 22.0 Å². The second-order valence-corrected chi connectivity index (χ2v) is 9.58. The Morgan fingerprint density at radius 1 is 1.19 bits per heavy atom. The van der Waals surface area contributed by atoms with Gasteiger partial charge in [0.15, 0.2) is 0 Å². The summed E-state index contributed by atoms with van der Waals surface area (Å²) in [6, 6.07) is 3.64. The van der Waals surface area contributed by atoms with Crippen LogP contribution >= 0.6 is 11.6 Å². The molecule has 1 amide bonds. The van der Waals surface area contributed by atoms with Crippen molar-refractivity contribution in [1.29, 1.82) is 0 Å². The first-order valence-corrected chi connectivity index (χ1v) is 11.9. The van der Waals surface area contributed by atoms with Gasteiger partial charge in [-0.25, -0.2) is 0 Å². The predicted molar refractivity (Wildman–Crippen MR) is 127 cm³/mol. The van der Waals surface area contributed by atoms with Gasteiger partial charge in [0.1, 0.15) is 5.75 Å². The number of nitrogen functional groups attached to an aromatic ring is 1. The molecule has 7 nitrogen and oxygen atoms in total. The SMILES string of the molecule is COc1cc(N)c(Cl)cc1C(=O)NC1CCN(CC2CCN(CCC(C)N)CC2)CC1. The zero-order valence-corrected chi connectivity index (χ0v) is 19.7. The summed E-state index contributed by atoms with van der Waals surface area (Å²) >= 11 is 6.11. The molecule has 1 aromatic rings. The smallest absolute Gasteiger partial charge is 0.255 e. The van der Waals surface area contributed by atoms with E-state index in [-0.39, 0.29) is 18.0 Å². The number of nitrogens with zero attached hydrogens (tertiary/aromatic N) is 2. The normalized spacial score (nSPS) is 20.5. The van der Waals surface area contributed by atoms with Crippen LogP contribution < -0.4 is 21.5 Å². The van der Waals surface area contributed by atoms with E-state index in [0.717, 1.165) is 44.8 Å². The molecule has 3 rings (SSSR count). The van der Waals surface area contributed by atoms with E-state index in [9.17, 15) is 4.79 Å². The van der Waals surface area contributed by atoms with Crippen molar-refractivity contribution in [3.8, 4) is 5.75 Å². The number of benzene rings is 1. The minimum absolute atomic E-state index is 0.156. The fourth-order valence-electron chi connectivity index (χ4n) is 4.58. The van der Waals surface area contributed by atoms with Crippen molar-refractivity contribution in [3.05, 3.63) is 22.7 Å². The van der Waals surface area contributed by atoms with Crippen LogP contribution in [0.3, 0.4) is 0 Å². The number of piperidine rings is 2. The maximum atomic E-state index is 12.8. The van der Waals surface area contributed by atoms with Crippen molar-refractivity contribution in [1.82, 2.24) is 15.1 Å². The van der Waals surface area contributed by atoms with Gasteiger partial charge in [0.2, 0.25) is 0 Å². The van der Waals surface area contributed by atoms with Gasteiger partial charge in [-0.2, -0.15) is 0 Å². The lowest BCUT2D eigenvalue weighted by molar-refractivity contribution is 0.0887. The van der Waals surface area contributed by atoms with Crippen LogP contribution in [0.15, 0.2) is 12.1 Å². The molecule has 2 aliphatic rings. The summed E-state index contributed by atoms with van der Waals surface area (Å²) < 4.78 is 5.31. The summed E-state index contributed by atoms with van der Waals surface area (Å²) in [4.78, 5) is 17.9. The van der Waals surface area contributed by atoms with E-state index < -0.39 is 0 Å². The first-order chi connectivity index (χ1) is 14.9. The fourth-order valence-corrected chi connectivity index (χ4v) is 4.75. The van der Waals surface area contributed by atoms with Gasteiger partial charge >= 0.3 is 0 Å². The molecule has 0 aliphatic carbocycles. The summed E-state index contributed by atoms with van der Waals surface area (Å²) in [6.07, 6.45) is 5.55. The highest BCUT2D eigenvalue weighted by Gasteiger charge is 2.26. The van der Waals surface area contributed by atoms with Crippen LogP contribution in [0.5, 0.6) is 5.75 Å². The molecule has 2 fully saturated rings. The average Bonchev–Trinajstić information content (AvgIpc) is 2.76. The van der Waals surface area contributed by atoms with Crippen molar-refractivity contribution in [2.45, 2.75) is 51.1 Å². The van der Waals surface area contributed by atoms with Gasteiger partial charge in [0.05, 0.1) is 23.4 Å². The molecular weight excluding hydrogens is 414 g/mol. The Morgan fingerprint density at radius 3 is 2.45 bits per heavy atom. The molecule has 174 valence electrons. The molecule has 0 spiro atoms. The second-order valence-electron chi connectivity index (χ2n) is 9.17. The van der Waals surface area contributed by atoms with Crippen LogP contribution in [0.25, 0.3) is 0 Å². The summed E-state index contributed by atoms with van der Waals surface area (Å²) in [6.45, 7) is 8.81. The first kappa shape index (κ1) is 24.1. The Kier molecular flexibility index (Phi) is 8.84. The Bertz CT molecular complexity index is 729. The van der Waals surface area contributed by atoms with Gasteiger partial charge in [0, 0.05) is 37.8 Å². The van der Waals surface area contributed by atoms with Crippen LogP contribution in [-0.2, 0) is 0 Å². The summed E-state index contributed by atoms with van der Waals surface area (Å²) in [5, 5.41) is 3.51. The molecule has 1 atom stereocenters. The van der Waals surface area contributed by atoms with Crippen LogP contribution in [0.2, 0.25) is 5.02 Å². The first-order valence-electron chi connectivity index (χ1n) is 11.5. The highest BCUT2D eigenvalue weighted by molar-refractivity contribution is 6.33. The van der Waals surface area contributed by atoms with Gasteiger partial charge in [-0.15, -0.1) is 0 Å². The number of hydrogen-bond acceptors (Lipinski definition) is 6. The molecule has 1 unspecified atom stereocenters. The molecule has 0 saturated carbocycles. The Balaban J connectivity index is 1.40. The molecule has 0 aromatic heterocycles. The molecule has 2 heterocycles. The molecule has 5 N–H and O–H groups in total. The van der Waals surface area contributed by atoms with Gasteiger partial charge in [-0.05, 0) is 70.6 Å². The Morgan fingerprint density at radius 2 is 1.84 bits per heavy atom. The maximum absolute atomic E-state index is 12.8. The number of likely N-dealkylation sites (tertiary alicyclic amines) is 2. The van der Waals surface area contributed by atoms with E-state index in [4.69, 9.17) is 27.8 Å². The third-order valence-electron chi connectivity index (χ3n) is 6.61. The molecule has 8 heteroatoms. The zero-order valence-electron chi connectivity index (χ0n) is 18.9. The standard InChI is InChI=1S/C23H38ClN5O2/c1-16(25)3-8-28-9-4-17(5-10-28)15-29-11-6-18(7-12-29)27-23(30)19-13-20(24)21(26)14-22(19)31-2/h13-14,16-18H,3-12,15,25-26H2,1-2H3,(H,27,30). The lowest BCUT2D eigenvalue weighted by atomic mass is 9.94. The van der Waals surface area contributed by atoms with Crippen LogP contribution in [0.1, 0.15) is 49.4 Å². The van der Waals surface area contributed by atoms with Gasteiger partial charge in [-0.3, -0.25) is 4.79 Å². The van der Waals surface area contributed by atoms with E-state index in [1.165, 1.54) is 39.6 Å². The third-order valence-corrected chi connectivity index (χ3v) is 6.94. The molecule has 2 aliphatic heterocycles. The minimum Gasteiger partial charge on any atom is -0.496 e. The Labute approximate surface area is 191 Å². The number of amides is 1. The van der Waals surface area contributed by atoms with Crippen molar-refractivity contribution in [2.24, 2.45) is 11.7 Å². The average molecular weight is 452 g/mol. The number of halogens is 1. The number of nitrogens with one attached hydrogen (secondary N) is 1. The number of nitrogens with two attached hydrogens (primary N) is 2. The Hall–Kier alpha value is -1.54. The van der Waals surface area contributed by atoms with Crippen molar-refractivity contribution in [3.63, 3.8) is 0 Å². The van der Waals surface area contributed by atoms with E-state index in [1.54, 1.807) is 12.1 Å². The highest BCUT2D eigenvalue weighted by Crippen LogP contribution is 2.29. The molecule has 1 aromatic carbocycles. The predicted octanol–water partition coefficient (Wildman–Crippen LogP) is 2.57. The number of anilines is 1. The third kappa shape index (κ3) is 6.97. The zero-order chi connectivity index (χ0) is 22.4. The van der Waals surface area contributed by atoms with Gasteiger partial charge < -0.3 is 31.3 Å². The number of methoxy groups -OCH3 is 1. The van der Waals surface area contributed by atoms with Gasteiger partial charge in [-0.1, -0.05) is 11.6 Å². The van der Waals surface area contributed by atoms with Crippen LogP contribution in [-0.4, -0.2) is 74.2 Å². The number of hydrogen-bond donors (Lipinski definition) is 3. The fraction of sp³-hybridized carbons (Fsp3) is 0.696. The van der Waals surface area contributed by atoms with E-state index in [2.05, 4.69) is 22.0 Å². The molecule has 0 radical (unpaired) electrons. The van der Waals surface area contributed by atoms with Gasteiger partial charge in [0.25, 0.3) is 5.91 Å². The second kappa shape index (κ2) is 11.4. The molecule has 31 heavy (non-hydrogen) atoms. The topological polar surface area (TPSA) is 96.8 Å². The lowest BCUT2D eigenvalue weighted by Crippen LogP contribution is -2.47. The van der Waals surface area contributed by atoms with Crippen molar-refractivity contribution < 1.29 is 9.53 Å². The van der Waals surface area contributed by atoms with E-state index >= 15 is 0 Å². The lowest BCUT2D eigenvalue weighted by Gasteiger charge is -2.38. The monoisotopic (exact) mass is 451 g/mol. The summed E-state index contributed by atoms with van der Waals surface area (Å²) in [5.41, 5.74) is 12.5. The molecule has 0 bridgehead atoms. The van der Waals surface area contributed by atoms with Crippen LogP contribution in [0, 0.1) is 5.92 Å². The molecule has 2 saturated heterocycles. The highest BCUT2D eigenvalue weighted by atomic mass is 35.5. The summed E-state index contributed by atoms with van der Waals surface area (Å²) in [7, 11) is 1.53. The molecular formula is C23H38ClN5O2. The van der Waals surface area contributed by atoms with Crippen molar-refractivity contribution in [2.75, 3.05) is 52.1 Å².